The molecule has 2 aromatic rings. The fraction of sp³-hybridized carbons (Fsp3) is 0.200. The number of thiophene rings is 1. The lowest BCUT2D eigenvalue weighted by molar-refractivity contribution is -0.139. The third-order valence-electron chi connectivity index (χ3n) is 3.45. The molecule has 1 fully saturated rings. The number of sulfonamides is 1. The highest BCUT2D eigenvalue weighted by Crippen LogP contribution is 2.23. The van der Waals surface area contributed by atoms with Gasteiger partial charge in [0.1, 0.15) is 6.04 Å². The molecule has 0 spiro atoms. The predicted molar refractivity (Wildman–Crippen MR) is 93.4 cm³/mol. The van der Waals surface area contributed by atoms with Gasteiger partial charge in [-0.15, -0.1) is 11.3 Å². The first-order valence-corrected chi connectivity index (χ1v) is 9.89. The molecule has 1 aliphatic heterocycles. The Hall–Kier alpha value is -1.94. The molecule has 1 aromatic carbocycles. The van der Waals surface area contributed by atoms with E-state index in [0.717, 1.165) is 11.3 Å². The van der Waals surface area contributed by atoms with Gasteiger partial charge in [-0.2, -0.15) is 4.72 Å². The van der Waals surface area contributed by atoms with E-state index in [9.17, 15) is 18.0 Å². The number of hydrogen-bond acceptors (Lipinski definition) is 6. The van der Waals surface area contributed by atoms with E-state index in [0.29, 0.717) is 21.3 Å². The van der Waals surface area contributed by atoms with Crippen molar-refractivity contribution in [3.8, 4) is 0 Å². The van der Waals surface area contributed by atoms with Crippen LogP contribution in [-0.4, -0.2) is 32.9 Å². The van der Waals surface area contributed by atoms with Gasteiger partial charge in [0, 0.05) is 12.1 Å². The number of amides is 1. The molecule has 132 valence electrons. The third-order valence-corrected chi connectivity index (χ3v) is 6.17. The van der Waals surface area contributed by atoms with Crippen LogP contribution in [0.2, 0.25) is 4.34 Å². The number of nitrogens with one attached hydrogen (secondary N) is 2. The van der Waals surface area contributed by atoms with Gasteiger partial charge in [-0.25, -0.2) is 8.42 Å². The Morgan fingerprint density at radius 2 is 1.92 bits per heavy atom. The summed E-state index contributed by atoms with van der Waals surface area (Å²) in [6.07, 6.45) is 0.301. The van der Waals surface area contributed by atoms with Crippen LogP contribution in [0.15, 0.2) is 41.3 Å². The van der Waals surface area contributed by atoms with Gasteiger partial charge in [-0.05, 0) is 36.4 Å². The topological polar surface area (TPSA) is 102 Å². The molecule has 1 aromatic heterocycles. The summed E-state index contributed by atoms with van der Waals surface area (Å²) in [6.45, 7) is 0.198. The fourth-order valence-corrected chi connectivity index (χ4v) is 4.36. The van der Waals surface area contributed by atoms with Crippen molar-refractivity contribution < 1.29 is 22.7 Å². The molecule has 2 heterocycles. The quantitative estimate of drug-likeness (QED) is 0.749. The van der Waals surface area contributed by atoms with E-state index in [1.54, 1.807) is 12.1 Å². The molecule has 10 heteroatoms. The van der Waals surface area contributed by atoms with E-state index >= 15 is 0 Å². The van der Waals surface area contributed by atoms with Crippen LogP contribution in [0.4, 0.5) is 5.69 Å². The Morgan fingerprint density at radius 1 is 1.20 bits per heavy atom. The lowest BCUT2D eigenvalue weighted by Gasteiger charge is -2.10. The van der Waals surface area contributed by atoms with Crippen molar-refractivity contribution in [3.05, 3.63) is 45.6 Å². The molecular formula is C15H13ClN2O5S2. The van der Waals surface area contributed by atoms with E-state index < -0.39 is 22.0 Å². The molecule has 1 atom stereocenters. The highest BCUT2D eigenvalue weighted by molar-refractivity contribution is 7.89. The van der Waals surface area contributed by atoms with Gasteiger partial charge in [-0.3, -0.25) is 9.59 Å². The molecule has 3 rings (SSSR count). The summed E-state index contributed by atoms with van der Waals surface area (Å²) in [6, 6.07) is 7.98. The maximum absolute atomic E-state index is 12.3. The van der Waals surface area contributed by atoms with Gasteiger partial charge in [0.05, 0.1) is 20.7 Å². The van der Waals surface area contributed by atoms with Gasteiger partial charge in [0.15, 0.2) is 0 Å². The highest BCUT2D eigenvalue weighted by atomic mass is 35.5. The zero-order valence-corrected chi connectivity index (χ0v) is 15.1. The Morgan fingerprint density at radius 3 is 2.48 bits per heavy atom. The number of carbonyl (C=O) groups is 2. The average molecular weight is 401 g/mol. The number of hydrogen-bond donors (Lipinski definition) is 2. The molecule has 1 aliphatic rings. The van der Waals surface area contributed by atoms with Crippen molar-refractivity contribution in [1.29, 1.82) is 0 Å². The molecule has 2 N–H and O–H groups in total. The Kier molecular flexibility index (Phi) is 5.09. The number of esters is 1. The minimum absolute atomic E-state index is 0.00985. The normalized spacial score (nSPS) is 17.3. The van der Waals surface area contributed by atoms with E-state index in [1.807, 2.05) is 0 Å². The Bertz CT molecular complexity index is 908. The smallest absolute Gasteiger partial charge is 0.324 e. The number of cyclic esters (lactones) is 1. The van der Waals surface area contributed by atoms with Crippen molar-refractivity contribution in [2.24, 2.45) is 0 Å². The summed E-state index contributed by atoms with van der Waals surface area (Å²) in [7, 11) is -3.85. The second kappa shape index (κ2) is 7.12. The van der Waals surface area contributed by atoms with Gasteiger partial charge >= 0.3 is 5.97 Å². The van der Waals surface area contributed by atoms with Crippen LogP contribution in [-0.2, 0) is 19.6 Å². The fourth-order valence-electron chi connectivity index (χ4n) is 2.20. The molecule has 7 nitrogen and oxygen atoms in total. The number of benzene rings is 1. The minimum atomic E-state index is -3.85. The van der Waals surface area contributed by atoms with Crippen LogP contribution in [0.1, 0.15) is 16.1 Å². The van der Waals surface area contributed by atoms with Crippen molar-refractivity contribution in [2.45, 2.75) is 17.4 Å². The summed E-state index contributed by atoms with van der Waals surface area (Å²) in [5.74, 6) is -0.915. The number of rotatable bonds is 5. The summed E-state index contributed by atoms with van der Waals surface area (Å²) in [5.41, 5.74) is 0.439. The van der Waals surface area contributed by atoms with Gasteiger partial charge < -0.3 is 10.1 Å². The first kappa shape index (κ1) is 17.9. The maximum Gasteiger partial charge on any atom is 0.324 e. The van der Waals surface area contributed by atoms with Crippen LogP contribution < -0.4 is 10.0 Å². The van der Waals surface area contributed by atoms with Crippen LogP contribution in [0, 0.1) is 0 Å². The molecule has 0 radical (unpaired) electrons. The monoisotopic (exact) mass is 400 g/mol. The van der Waals surface area contributed by atoms with E-state index in [2.05, 4.69) is 10.0 Å². The molecule has 25 heavy (non-hydrogen) atoms. The standard InChI is InChI=1S/C15H13ClN2O5S2/c16-13-6-5-12(24-13)14(19)17-9-1-3-10(4-2-9)25(21,22)18-11-7-8-23-15(11)20/h1-6,11,18H,7-8H2,(H,17,19)/t11-/m0/s1. The minimum Gasteiger partial charge on any atom is -0.464 e. The second-order valence-corrected chi connectivity index (χ2v) is 8.64. The largest absolute Gasteiger partial charge is 0.464 e. The Labute approximate surface area is 153 Å². The van der Waals surface area contributed by atoms with Gasteiger partial charge in [-0.1, -0.05) is 11.6 Å². The molecule has 0 bridgehead atoms. The Balaban J connectivity index is 1.69. The molecule has 0 unspecified atom stereocenters. The molecule has 1 amide bonds. The van der Waals surface area contributed by atoms with Crippen molar-refractivity contribution in [1.82, 2.24) is 4.72 Å². The maximum atomic E-state index is 12.3. The zero-order valence-electron chi connectivity index (χ0n) is 12.7. The highest BCUT2D eigenvalue weighted by Gasteiger charge is 2.31. The van der Waals surface area contributed by atoms with Crippen LogP contribution >= 0.6 is 22.9 Å². The number of halogens is 1. The molecule has 0 aliphatic carbocycles. The second-order valence-electron chi connectivity index (χ2n) is 5.21. The number of ether oxygens (including phenoxy) is 1. The van der Waals surface area contributed by atoms with Crippen molar-refractivity contribution in [3.63, 3.8) is 0 Å². The van der Waals surface area contributed by atoms with Crippen LogP contribution in [0.25, 0.3) is 0 Å². The van der Waals surface area contributed by atoms with E-state index in [4.69, 9.17) is 16.3 Å². The molecule has 1 saturated heterocycles. The summed E-state index contributed by atoms with van der Waals surface area (Å²) < 4.78 is 32.1. The average Bonchev–Trinajstić information content (AvgIpc) is 3.17. The SMILES string of the molecule is O=C(Nc1ccc(S(=O)(=O)N[C@H]2CCOC2=O)cc1)c1ccc(Cl)s1. The first-order valence-electron chi connectivity index (χ1n) is 7.21. The lowest BCUT2D eigenvalue weighted by Crippen LogP contribution is -2.37. The molecule has 0 saturated carbocycles. The summed E-state index contributed by atoms with van der Waals surface area (Å²) in [5, 5.41) is 2.65. The van der Waals surface area contributed by atoms with Crippen LogP contribution in [0.3, 0.4) is 0 Å². The number of anilines is 1. The first-order chi connectivity index (χ1) is 11.8. The summed E-state index contributed by atoms with van der Waals surface area (Å²) >= 11 is 6.93. The number of carbonyl (C=O) groups excluding carboxylic acids is 2. The van der Waals surface area contributed by atoms with Crippen LogP contribution in [0.5, 0.6) is 0 Å². The van der Waals surface area contributed by atoms with E-state index in [-0.39, 0.29) is 17.4 Å². The third kappa shape index (κ3) is 4.18. The summed E-state index contributed by atoms with van der Waals surface area (Å²) in [4.78, 5) is 23.9. The lowest BCUT2D eigenvalue weighted by atomic mass is 10.3. The van der Waals surface area contributed by atoms with Gasteiger partial charge in [0.25, 0.3) is 5.91 Å². The zero-order chi connectivity index (χ0) is 18.0. The van der Waals surface area contributed by atoms with Crippen molar-refractivity contribution >= 4 is 50.5 Å². The van der Waals surface area contributed by atoms with Crippen molar-refractivity contribution in [2.75, 3.05) is 11.9 Å². The van der Waals surface area contributed by atoms with E-state index in [1.165, 1.54) is 24.3 Å². The molecular weight excluding hydrogens is 388 g/mol. The predicted octanol–water partition coefficient (Wildman–Crippen LogP) is 2.25. The van der Waals surface area contributed by atoms with Gasteiger partial charge in [0.2, 0.25) is 10.0 Å².